The molecule has 1 aromatic carbocycles. The number of aryl methyl sites for hydroxylation is 1. The third-order valence-corrected chi connectivity index (χ3v) is 9.75. The third-order valence-electron chi connectivity index (χ3n) is 9.75. The van der Waals surface area contributed by atoms with Gasteiger partial charge in [0.15, 0.2) is 18.3 Å². The van der Waals surface area contributed by atoms with Crippen LogP contribution in [0.1, 0.15) is 82.1 Å². The van der Waals surface area contributed by atoms with E-state index < -0.39 is 67.1 Å². The number of hydrogen-bond donors (Lipinski definition) is 2. The highest BCUT2D eigenvalue weighted by Crippen LogP contribution is 2.30. The molecule has 0 aliphatic carbocycles. The molecule has 2 aliphatic rings. The molecule has 2 aromatic heterocycles. The summed E-state index contributed by atoms with van der Waals surface area (Å²) in [6.07, 6.45) is -0.403. The summed E-state index contributed by atoms with van der Waals surface area (Å²) >= 11 is 0. The number of hydroxylamine groups is 1. The Morgan fingerprint density at radius 2 is 1.43 bits per heavy atom. The number of carbonyl (C=O) groups excluding carboxylic acids is 5. The Labute approximate surface area is 325 Å². The van der Waals surface area contributed by atoms with Crippen molar-refractivity contribution in [2.24, 2.45) is 13.0 Å². The first-order chi connectivity index (χ1) is 27.0. The first kappa shape index (κ1) is 42.0. The van der Waals surface area contributed by atoms with Crippen LogP contribution in [0.25, 0.3) is 10.9 Å². The molecule has 2 N–H and O–H groups in total. The number of rotatable bonds is 17. The number of fused-ring (bicyclic) bond motifs is 1. The minimum atomic E-state index is -1.59. The Kier molecular flexibility index (Phi) is 15.1. The Morgan fingerprint density at radius 3 is 2.07 bits per heavy atom. The summed E-state index contributed by atoms with van der Waals surface area (Å²) in [6.45, 7) is 9.06. The topological polar surface area (TPSA) is 199 Å². The molecule has 304 valence electrons. The number of esters is 4. The lowest BCUT2D eigenvalue weighted by molar-refractivity contribution is -0.317. The molecular weight excluding hydrogens is 728 g/mol. The number of benzene rings is 1. The maximum atomic E-state index is 13.2. The summed E-state index contributed by atoms with van der Waals surface area (Å²) in [5, 5.41) is 4.89. The molecule has 0 bridgehead atoms. The van der Waals surface area contributed by atoms with Crippen molar-refractivity contribution < 1.29 is 52.5 Å². The lowest BCUT2D eigenvalue weighted by Gasteiger charge is -2.43. The van der Waals surface area contributed by atoms with Crippen molar-refractivity contribution in [2.75, 3.05) is 31.1 Å². The molecule has 1 amide bonds. The predicted molar refractivity (Wildman–Crippen MR) is 201 cm³/mol. The van der Waals surface area contributed by atoms with Gasteiger partial charge in [-0.2, -0.15) is 0 Å². The summed E-state index contributed by atoms with van der Waals surface area (Å²) in [7, 11) is 2.06. The van der Waals surface area contributed by atoms with Crippen LogP contribution in [0.3, 0.4) is 0 Å². The number of piperidine rings is 1. The van der Waals surface area contributed by atoms with Crippen LogP contribution in [0.2, 0.25) is 0 Å². The zero-order valence-corrected chi connectivity index (χ0v) is 32.6. The van der Waals surface area contributed by atoms with E-state index >= 15 is 0 Å². The smallest absolute Gasteiger partial charge is 0.306 e. The summed E-state index contributed by atoms with van der Waals surface area (Å²) in [6, 6.07) is 8.39. The number of anilines is 1. The van der Waals surface area contributed by atoms with E-state index in [1.807, 2.05) is 6.07 Å². The van der Waals surface area contributed by atoms with Crippen molar-refractivity contribution >= 4 is 46.6 Å². The van der Waals surface area contributed by atoms with Crippen molar-refractivity contribution in [2.45, 2.75) is 103 Å². The van der Waals surface area contributed by atoms with Gasteiger partial charge in [0.2, 0.25) is 12.2 Å². The maximum Gasteiger partial charge on any atom is 0.306 e. The number of nitrogens with zero attached hydrogens (tertiary/aromatic N) is 4. The van der Waals surface area contributed by atoms with Crippen LogP contribution < -0.4 is 15.7 Å². The normalized spacial score (nSPS) is 21.3. The first-order valence-electron chi connectivity index (χ1n) is 19.2. The molecule has 4 heterocycles. The highest BCUT2D eigenvalue weighted by atomic mass is 16.8. The molecule has 3 aromatic rings. The molecular formula is C39H52N6O11. The van der Waals surface area contributed by atoms with Gasteiger partial charge >= 0.3 is 23.9 Å². The Morgan fingerprint density at radius 1 is 0.821 bits per heavy atom. The van der Waals surface area contributed by atoms with E-state index in [0.29, 0.717) is 11.9 Å². The van der Waals surface area contributed by atoms with Gasteiger partial charge in [-0.3, -0.25) is 24.0 Å². The Balaban J connectivity index is 1.19. The third kappa shape index (κ3) is 10.8. The van der Waals surface area contributed by atoms with Gasteiger partial charge in [0.25, 0.3) is 5.91 Å². The van der Waals surface area contributed by atoms with Gasteiger partial charge in [0.05, 0.1) is 5.56 Å². The quantitative estimate of drug-likeness (QED) is 0.115. The second-order valence-electron chi connectivity index (χ2n) is 13.7. The fourth-order valence-corrected chi connectivity index (χ4v) is 6.58. The van der Waals surface area contributed by atoms with Crippen LogP contribution in [0.15, 0.2) is 42.9 Å². The SMILES string of the molecule is CCC(=O)OC[C@H]1O[C@@H](ONC(=O)c2cnc(N3CCC(CNCc4cn(C)c5ccccc45)CC3)nc2)[C@H](OC(=O)CC)[C@@H](OC(=O)CC)[C@H]1OC(=O)CC. The molecule has 0 saturated carbocycles. The van der Waals surface area contributed by atoms with E-state index in [2.05, 4.69) is 61.7 Å². The van der Waals surface area contributed by atoms with Crippen molar-refractivity contribution in [3.8, 4) is 0 Å². The first-order valence-corrected chi connectivity index (χ1v) is 19.2. The highest BCUT2D eigenvalue weighted by Gasteiger charge is 2.53. The Hall–Kier alpha value is -5.13. The van der Waals surface area contributed by atoms with Crippen molar-refractivity contribution in [3.63, 3.8) is 0 Å². The fourth-order valence-electron chi connectivity index (χ4n) is 6.58. The van der Waals surface area contributed by atoms with Crippen molar-refractivity contribution in [1.82, 2.24) is 25.3 Å². The van der Waals surface area contributed by atoms with Gasteiger partial charge in [-0.15, -0.1) is 0 Å². The van der Waals surface area contributed by atoms with E-state index in [9.17, 15) is 24.0 Å². The average Bonchev–Trinajstić information content (AvgIpc) is 3.55. The number of hydrogen-bond acceptors (Lipinski definition) is 15. The van der Waals surface area contributed by atoms with Crippen molar-refractivity contribution in [3.05, 3.63) is 54.0 Å². The zero-order chi connectivity index (χ0) is 40.2. The number of para-hydroxylation sites is 1. The standard InChI is InChI=1S/C39H52N6O11/c1-6-30(46)51-23-29-34(53-31(47)7-2)35(54-32(48)8-3)36(55-33(49)9-4)38(52-29)56-43-37(50)25-20-41-39(42-21-25)45-16-14-24(15-17-45)18-40-19-26-22-44(5)28-13-11-10-12-27(26)28/h10-13,20-22,24,29,34-36,38,40H,6-9,14-19,23H2,1-5H3,(H,43,50)/t29-,34+,35+,36-,38+/m1/s1. The number of amides is 1. The summed E-state index contributed by atoms with van der Waals surface area (Å²) in [4.78, 5) is 79.5. The summed E-state index contributed by atoms with van der Waals surface area (Å²) in [5.41, 5.74) is 4.83. The minimum absolute atomic E-state index is 0.0361. The number of nitrogens with one attached hydrogen (secondary N) is 2. The van der Waals surface area contributed by atoms with Gasteiger partial charge in [-0.05, 0) is 36.9 Å². The molecule has 2 saturated heterocycles. The molecule has 17 nitrogen and oxygen atoms in total. The van der Waals surface area contributed by atoms with Crippen LogP contribution in [0.4, 0.5) is 5.95 Å². The van der Waals surface area contributed by atoms with Gasteiger partial charge in [-0.1, -0.05) is 45.9 Å². The van der Waals surface area contributed by atoms with Gasteiger partial charge in [0, 0.05) is 81.9 Å². The lowest BCUT2D eigenvalue weighted by atomic mass is 9.97. The number of ether oxygens (including phenoxy) is 5. The van der Waals surface area contributed by atoms with Gasteiger partial charge in [0.1, 0.15) is 12.7 Å². The number of carbonyl (C=O) groups is 5. The second kappa shape index (κ2) is 20.2. The molecule has 5 rings (SSSR count). The van der Waals surface area contributed by atoms with Crippen LogP contribution >= 0.6 is 0 Å². The van der Waals surface area contributed by atoms with Crippen LogP contribution in [0, 0.1) is 5.92 Å². The Bertz CT molecular complexity index is 1810. The van der Waals surface area contributed by atoms with Crippen LogP contribution in [-0.4, -0.2) is 101 Å². The van der Waals surface area contributed by atoms with E-state index in [4.69, 9.17) is 28.5 Å². The van der Waals surface area contributed by atoms with E-state index in [1.165, 1.54) is 28.9 Å². The predicted octanol–water partition coefficient (Wildman–Crippen LogP) is 3.28. The molecule has 0 radical (unpaired) electrons. The summed E-state index contributed by atoms with van der Waals surface area (Å²) in [5.74, 6) is -2.40. The lowest BCUT2D eigenvalue weighted by Crippen LogP contribution is -2.63. The molecule has 5 atom stereocenters. The average molecular weight is 781 g/mol. The molecule has 56 heavy (non-hydrogen) atoms. The highest BCUT2D eigenvalue weighted by molar-refractivity contribution is 5.92. The fraction of sp³-hybridized carbons (Fsp3) is 0.564. The van der Waals surface area contributed by atoms with Crippen LogP contribution in [0.5, 0.6) is 0 Å². The van der Waals surface area contributed by atoms with Gasteiger partial charge in [-0.25, -0.2) is 20.3 Å². The second-order valence-corrected chi connectivity index (χ2v) is 13.7. The minimum Gasteiger partial charge on any atom is -0.463 e. The monoisotopic (exact) mass is 780 g/mol. The molecule has 0 spiro atoms. The number of aromatic nitrogens is 3. The molecule has 0 unspecified atom stereocenters. The van der Waals surface area contributed by atoms with E-state index in [-0.39, 0.29) is 31.2 Å². The molecule has 17 heteroatoms. The largest absolute Gasteiger partial charge is 0.463 e. The van der Waals surface area contributed by atoms with Gasteiger partial charge < -0.3 is 38.5 Å². The van der Waals surface area contributed by atoms with Crippen LogP contribution in [-0.2, 0) is 61.3 Å². The zero-order valence-electron chi connectivity index (χ0n) is 32.6. The van der Waals surface area contributed by atoms with E-state index in [0.717, 1.165) is 39.0 Å². The van der Waals surface area contributed by atoms with Crippen molar-refractivity contribution in [1.29, 1.82) is 0 Å². The summed E-state index contributed by atoms with van der Waals surface area (Å²) < 4.78 is 30.2. The maximum absolute atomic E-state index is 13.2. The van der Waals surface area contributed by atoms with E-state index in [1.54, 1.807) is 27.7 Å². The molecule has 2 aliphatic heterocycles. The molecule has 2 fully saturated rings.